The summed E-state index contributed by atoms with van der Waals surface area (Å²) in [4.78, 5) is 21.5. The Balaban J connectivity index is 2.96. The Bertz CT molecular complexity index is 228. The van der Waals surface area contributed by atoms with E-state index in [1.54, 1.807) is 6.08 Å². The monoisotopic (exact) mass is 152 g/mol. The van der Waals surface area contributed by atoms with E-state index in [4.69, 9.17) is 0 Å². The van der Waals surface area contributed by atoms with E-state index in [1.807, 2.05) is 13.8 Å². The Morgan fingerprint density at radius 2 is 2.27 bits per heavy atom. The molecule has 0 aromatic carbocycles. The fourth-order valence-electron chi connectivity index (χ4n) is 1.21. The van der Waals surface area contributed by atoms with Gasteiger partial charge in [0.1, 0.15) is 6.29 Å². The first-order valence-corrected chi connectivity index (χ1v) is 3.76. The molecular weight excluding hydrogens is 140 g/mol. The molecule has 0 spiro atoms. The third-order valence-electron chi connectivity index (χ3n) is 2.43. The molecule has 1 aliphatic rings. The van der Waals surface area contributed by atoms with Gasteiger partial charge >= 0.3 is 0 Å². The van der Waals surface area contributed by atoms with Crippen LogP contribution >= 0.6 is 0 Å². The molecule has 0 aromatic heterocycles. The highest BCUT2D eigenvalue weighted by molar-refractivity contribution is 5.93. The van der Waals surface area contributed by atoms with Crippen LogP contribution in [0.3, 0.4) is 0 Å². The van der Waals surface area contributed by atoms with Crippen molar-refractivity contribution in [1.82, 2.24) is 0 Å². The van der Waals surface area contributed by atoms with Crippen LogP contribution in [0.1, 0.15) is 26.7 Å². The summed E-state index contributed by atoms with van der Waals surface area (Å²) < 4.78 is 0. The molecule has 0 aliphatic heterocycles. The molecule has 2 heteroatoms. The molecule has 0 radical (unpaired) electrons. The molecule has 0 saturated heterocycles. The van der Waals surface area contributed by atoms with Gasteiger partial charge in [-0.3, -0.25) is 4.79 Å². The first-order valence-electron chi connectivity index (χ1n) is 3.76. The fourth-order valence-corrected chi connectivity index (χ4v) is 1.21. The summed E-state index contributed by atoms with van der Waals surface area (Å²) >= 11 is 0. The van der Waals surface area contributed by atoms with Crippen LogP contribution in [0.4, 0.5) is 0 Å². The Kier molecular flexibility index (Phi) is 1.94. The standard InChI is InChI=1S/C9H12O2/c1-7-5-8(11)3-4-9(7,2)6-10/h5-6H,3-4H2,1-2H3. The molecule has 0 N–H and O–H groups in total. The number of rotatable bonds is 1. The van der Waals surface area contributed by atoms with E-state index in [2.05, 4.69) is 0 Å². The Morgan fingerprint density at radius 3 is 2.73 bits per heavy atom. The van der Waals surface area contributed by atoms with Gasteiger partial charge in [-0.05, 0) is 26.3 Å². The number of ketones is 1. The lowest BCUT2D eigenvalue weighted by molar-refractivity contribution is -0.118. The molecule has 0 fully saturated rings. The van der Waals surface area contributed by atoms with Gasteiger partial charge in [0.05, 0.1) is 0 Å². The van der Waals surface area contributed by atoms with Gasteiger partial charge in [0.25, 0.3) is 0 Å². The van der Waals surface area contributed by atoms with Crippen molar-refractivity contribution < 1.29 is 9.59 Å². The van der Waals surface area contributed by atoms with Crippen molar-refractivity contribution in [3.8, 4) is 0 Å². The fraction of sp³-hybridized carbons (Fsp3) is 0.556. The maximum Gasteiger partial charge on any atom is 0.155 e. The molecule has 1 atom stereocenters. The summed E-state index contributed by atoms with van der Waals surface area (Å²) in [5.74, 6) is 0.141. The molecule has 1 unspecified atom stereocenters. The van der Waals surface area contributed by atoms with Gasteiger partial charge in [0.2, 0.25) is 0 Å². The van der Waals surface area contributed by atoms with E-state index in [1.165, 1.54) is 0 Å². The smallest absolute Gasteiger partial charge is 0.155 e. The van der Waals surface area contributed by atoms with E-state index < -0.39 is 0 Å². The zero-order chi connectivity index (χ0) is 8.48. The maximum absolute atomic E-state index is 10.9. The van der Waals surface area contributed by atoms with Crippen LogP contribution in [-0.4, -0.2) is 12.1 Å². The summed E-state index contributed by atoms with van der Waals surface area (Å²) in [7, 11) is 0. The highest BCUT2D eigenvalue weighted by Crippen LogP contribution is 2.33. The average Bonchev–Trinajstić information content (AvgIpc) is 1.98. The van der Waals surface area contributed by atoms with Crippen LogP contribution in [0, 0.1) is 5.41 Å². The quantitative estimate of drug-likeness (QED) is 0.533. The minimum Gasteiger partial charge on any atom is -0.302 e. The third-order valence-corrected chi connectivity index (χ3v) is 2.43. The van der Waals surface area contributed by atoms with E-state index in [9.17, 15) is 9.59 Å². The van der Waals surface area contributed by atoms with Gasteiger partial charge in [0, 0.05) is 11.8 Å². The minimum absolute atomic E-state index is 0.141. The summed E-state index contributed by atoms with van der Waals surface area (Å²) in [6, 6.07) is 0. The second kappa shape index (κ2) is 2.61. The van der Waals surface area contributed by atoms with Crippen molar-refractivity contribution >= 4 is 12.1 Å². The molecular formula is C9H12O2. The van der Waals surface area contributed by atoms with Crippen LogP contribution < -0.4 is 0 Å². The number of hydrogen-bond acceptors (Lipinski definition) is 2. The number of hydrogen-bond donors (Lipinski definition) is 0. The van der Waals surface area contributed by atoms with Crippen molar-refractivity contribution in [3.05, 3.63) is 11.6 Å². The summed E-state index contributed by atoms with van der Waals surface area (Å²) in [6.07, 6.45) is 3.69. The zero-order valence-corrected chi connectivity index (χ0v) is 6.89. The minimum atomic E-state index is -0.381. The maximum atomic E-state index is 10.9. The summed E-state index contributed by atoms with van der Waals surface area (Å²) in [5, 5.41) is 0. The van der Waals surface area contributed by atoms with Crippen molar-refractivity contribution in [1.29, 1.82) is 0 Å². The highest BCUT2D eigenvalue weighted by atomic mass is 16.1. The van der Waals surface area contributed by atoms with Crippen LogP contribution in [0.15, 0.2) is 11.6 Å². The molecule has 2 nitrogen and oxygen atoms in total. The number of aldehydes is 1. The van der Waals surface area contributed by atoms with Gasteiger partial charge in [-0.2, -0.15) is 0 Å². The molecule has 1 aliphatic carbocycles. The molecule has 0 bridgehead atoms. The molecule has 0 aromatic rings. The van der Waals surface area contributed by atoms with Crippen molar-refractivity contribution in [2.24, 2.45) is 5.41 Å². The lowest BCUT2D eigenvalue weighted by Crippen LogP contribution is -2.25. The lowest BCUT2D eigenvalue weighted by atomic mass is 9.76. The molecule has 1 rings (SSSR count). The van der Waals surface area contributed by atoms with Crippen LogP contribution in [0.5, 0.6) is 0 Å². The van der Waals surface area contributed by atoms with Crippen LogP contribution in [-0.2, 0) is 9.59 Å². The highest BCUT2D eigenvalue weighted by Gasteiger charge is 2.29. The van der Waals surface area contributed by atoms with E-state index >= 15 is 0 Å². The number of carbonyl (C=O) groups is 2. The molecule has 60 valence electrons. The SMILES string of the molecule is CC1=CC(=O)CCC1(C)C=O. The van der Waals surface area contributed by atoms with E-state index in [0.717, 1.165) is 11.9 Å². The molecule has 0 heterocycles. The van der Waals surface area contributed by atoms with Crippen molar-refractivity contribution in [3.63, 3.8) is 0 Å². The normalized spacial score (nSPS) is 31.5. The molecule has 11 heavy (non-hydrogen) atoms. The van der Waals surface area contributed by atoms with Crippen LogP contribution in [0.2, 0.25) is 0 Å². The largest absolute Gasteiger partial charge is 0.302 e. The van der Waals surface area contributed by atoms with Gasteiger partial charge in [-0.1, -0.05) is 5.57 Å². The van der Waals surface area contributed by atoms with Crippen molar-refractivity contribution in [2.75, 3.05) is 0 Å². The van der Waals surface area contributed by atoms with E-state index in [-0.39, 0.29) is 11.2 Å². The summed E-state index contributed by atoms with van der Waals surface area (Å²) in [5.41, 5.74) is 0.511. The number of carbonyl (C=O) groups excluding carboxylic acids is 2. The zero-order valence-electron chi connectivity index (χ0n) is 6.89. The van der Waals surface area contributed by atoms with Gasteiger partial charge < -0.3 is 4.79 Å². The predicted octanol–water partition coefficient (Wildman–Crippen LogP) is 1.50. The first-order chi connectivity index (χ1) is 5.08. The average molecular weight is 152 g/mol. The Labute approximate surface area is 66.3 Å². The summed E-state index contributed by atoms with van der Waals surface area (Å²) in [6.45, 7) is 3.71. The number of allylic oxidation sites excluding steroid dienone is 2. The van der Waals surface area contributed by atoms with Gasteiger partial charge in [-0.15, -0.1) is 0 Å². The van der Waals surface area contributed by atoms with Gasteiger partial charge in [-0.25, -0.2) is 0 Å². The Morgan fingerprint density at radius 1 is 1.64 bits per heavy atom. The van der Waals surface area contributed by atoms with Crippen LogP contribution in [0.25, 0.3) is 0 Å². The topological polar surface area (TPSA) is 34.1 Å². The second-order valence-corrected chi connectivity index (χ2v) is 3.33. The lowest BCUT2D eigenvalue weighted by Gasteiger charge is -2.26. The molecule has 0 saturated carbocycles. The predicted molar refractivity (Wildman–Crippen MR) is 42.2 cm³/mol. The van der Waals surface area contributed by atoms with Crippen molar-refractivity contribution in [2.45, 2.75) is 26.7 Å². The first kappa shape index (κ1) is 8.18. The van der Waals surface area contributed by atoms with Gasteiger partial charge in [0.15, 0.2) is 5.78 Å². The third kappa shape index (κ3) is 1.39. The molecule has 0 amide bonds. The second-order valence-electron chi connectivity index (χ2n) is 3.33. The van der Waals surface area contributed by atoms with E-state index in [0.29, 0.717) is 12.8 Å². The Hall–Kier alpha value is -0.920.